The lowest BCUT2D eigenvalue weighted by molar-refractivity contribution is 0.229. The van der Waals surface area contributed by atoms with Crippen molar-refractivity contribution in [1.29, 1.82) is 0 Å². The third-order valence-electron chi connectivity index (χ3n) is 3.08. The fourth-order valence-corrected chi connectivity index (χ4v) is 2.67. The lowest BCUT2D eigenvalue weighted by Gasteiger charge is -2.36. The van der Waals surface area contributed by atoms with Crippen LogP contribution in [0.3, 0.4) is 0 Å². The van der Waals surface area contributed by atoms with Crippen molar-refractivity contribution in [2.24, 2.45) is 11.8 Å². The van der Waals surface area contributed by atoms with Crippen molar-refractivity contribution in [3.8, 4) is 0 Å². The summed E-state index contributed by atoms with van der Waals surface area (Å²) in [5.74, 6) is 1.87. The molecule has 2 rings (SSSR count). The Kier molecular flexibility index (Phi) is 2.12. The van der Waals surface area contributed by atoms with Crippen LogP contribution in [0.2, 0.25) is 0 Å². The van der Waals surface area contributed by atoms with E-state index in [2.05, 4.69) is 5.32 Å². The molecule has 2 aliphatic rings. The maximum Gasteiger partial charge on any atom is 0.0756 e. The fourth-order valence-electron chi connectivity index (χ4n) is 2.38. The molecule has 0 bridgehead atoms. The van der Waals surface area contributed by atoms with E-state index in [1.165, 1.54) is 32.1 Å². The van der Waals surface area contributed by atoms with E-state index in [0.717, 1.165) is 23.4 Å². The highest BCUT2D eigenvalue weighted by Crippen LogP contribution is 2.33. The van der Waals surface area contributed by atoms with Gasteiger partial charge < -0.3 is 5.32 Å². The number of thiocarbonyl (C=S) groups is 1. The van der Waals surface area contributed by atoms with Gasteiger partial charge in [0.25, 0.3) is 0 Å². The van der Waals surface area contributed by atoms with Gasteiger partial charge >= 0.3 is 0 Å². The predicted octanol–water partition coefficient (Wildman–Crippen LogP) is 2.11. The van der Waals surface area contributed by atoms with Gasteiger partial charge in [-0.3, -0.25) is 0 Å². The summed E-state index contributed by atoms with van der Waals surface area (Å²) in [5.41, 5.74) is 0. The Balaban J connectivity index is 1.98. The molecule has 0 aromatic rings. The largest absolute Gasteiger partial charge is 0.379 e. The van der Waals surface area contributed by atoms with Gasteiger partial charge in [0.1, 0.15) is 0 Å². The Morgan fingerprint density at radius 2 is 1.91 bits per heavy atom. The minimum atomic E-state index is 0.928. The molecule has 0 aromatic carbocycles. The number of hydrogen-bond acceptors (Lipinski definition) is 1. The van der Waals surface area contributed by atoms with Crippen LogP contribution in [-0.4, -0.2) is 11.5 Å². The van der Waals surface area contributed by atoms with Gasteiger partial charge in [-0.2, -0.15) is 0 Å². The summed E-state index contributed by atoms with van der Waals surface area (Å²) in [6, 6.07) is 0. The van der Waals surface area contributed by atoms with Gasteiger partial charge in [-0.05, 0) is 24.7 Å². The van der Waals surface area contributed by atoms with Crippen molar-refractivity contribution in [1.82, 2.24) is 5.32 Å². The molecule has 2 atom stereocenters. The number of rotatable bonds is 0. The lowest BCUT2D eigenvalue weighted by Crippen LogP contribution is -2.41. The molecule has 62 valence electrons. The SMILES string of the molecule is S=C1CC2CCCCC2CN1. The number of piperidine rings is 1. The molecule has 1 aliphatic carbocycles. The second kappa shape index (κ2) is 3.10. The van der Waals surface area contributed by atoms with Gasteiger partial charge in [0.05, 0.1) is 4.99 Å². The first kappa shape index (κ1) is 7.53. The molecule has 1 aliphatic heterocycles. The van der Waals surface area contributed by atoms with Gasteiger partial charge in [-0.15, -0.1) is 0 Å². The van der Waals surface area contributed by atoms with Gasteiger partial charge in [0.2, 0.25) is 0 Å². The van der Waals surface area contributed by atoms with Crippen LogP contribution in [0.5, 0.6) is 0 Å². The molecular formula is C9H15NS. The number of nitrogens with one attached hydrogen (secondary N) is 1. The second-order valence-corrected chi connectivity index (χ2v) is 4.31. The van der Waals surface area contributed by atoms with Gasteiger partial charge in [0.15, 0.2) is 0 Å². The average Bonchev–Trinajstić information content (AvgIpc) is 2.04. The summed E-state index contributed by atoms with van der Waals surface area (Å²) in [6.45, 7) is 1.16. The second-order valence-electron chi connectivity index (χ2n) is 3.81. The average molecular weight is 169 g/mol. The van der Waals surface area contributed by atoms with Crippen LogP contribution in [-0.2, 0) is 0 Å². The van der Waals surface area contributed by atoms with Crippen molar-refractivity contribution >= 4 is 17.2 Å². The summed E-state index contributed by atoms with van der Waals surface area (Å²) in [6.07, 6.45) is 6.89. The molecule has 1 N–H and O–H groups in total. The molecule has 1 saturated heterocycles. The molecule has 0 aromatic heterocycles. The van der Waals surface area contributed by atoms with Gasteiger partial charge in [-0.25, -0.2) is 0 Å². The normalized spacial score (nSPS) is 37.6. The van der Waals surface area contributed by atoms with E-state index in [0.29, 0.717) is 0 Å². The van der Waals surface area contributed by atoms with E-state index < -0.39 is 0 Å². The van der Waals surface area contributed by atoms with E-state index in [1.807, 2.05) is 0 Å². The minimum absolute atomic E-state index is 0.928. The van der Waals surface area contributed by atoms with Crippen LogP contribution in [0.4, 0.5) is 0 Å². The number of hydrogen-bond donors (Lipinski definition) is 1. The maximum atomic E-state index is 5.16. The topological polar surface area (TPSA) is 12.0 Å². The molecule has 1 heterocycles. The highest BCUT2D eigenvalue weighted by molar-refractivity contribution is 7.80. The summed E-state index contributed by atoms with van der Waals surface area (Å²) in [7, 11) is 0. The van der Waals surface area contributed by atoms with E-state index >= 15 is 0 Å². The minimum Gasteiger partial charge on any atom is -0.379 e. The van der Waals surface area contributed by atoms with Crippen molar-refractivity contribution in [2.75, 3.05) is 6.54 Å². The zero-order valence-corrected chi connectivity index (χ0v) is 7.62. The molecule has 2 fully saturated rings. The summed E-state index contributed by atoms with van der Waals surface area (Å²) in [5, 5.41) is 3.31. The third kappa shape index (κ3) is 1.56. The molecule has 1 saturated carbocycles. The van der Waals surface area contributed by atoms with Gasteiger partial charge in [-0.1, -0.05) is 25.1 Å². The molecule has 0 amide bonds. The first-order chi connectivity index (χ1) is 5.36. The molecule has 2 unspecified atom stereocenters. The monoisotopic (exact) mass is 169 g/mol. The molecule has 2 heteroatoms. The van der Waals surface area contributed by atoms with E-state index in [1.54, 1.807) is 0 Å². The Morgan fingerprint density at radius 1 is 1.18 bits per heavy atom. The predicted molar refractivity (Wildman–Crippen MR) is 50.7 cm³/mol. The van der Waals surface area contributed by atoms with E-state index in [4.69, 9.17) is 12.2 Å². The maximum absolute atomic E-state index is 5.16. The summed E-state index contributed by atoms with van der Waals surface area (Å²) < 4.78 is 0. The highest BCUT2D eigenvalue weighted by Gasteiger charge is 2.29. The third-order valence-corrected chi connectivity index (χ3v) is 3.39. The Hall–Kier alpha value is -0.110. The fraction of sp³-hybridized carbons (Fsp3) is 0.889. The van der Waals surface area contributed by atoms with Crippen LogP contribution in [0, 0.1) is 11.8 Å². The van der Waals surface area contributed by atoms with Crippen LogP contribution < -0.4 is 5.32 Å². The number of fused-ring (bicyclic) bond motifs is 1. The smallest absolute Gasteiger partial charge is 0.0756 e. The Morgan fingerprint density at radius 3 is 2.73 bits per heavy atom. The van der Waals surface area contributed by atoms with Crippen LogP contribution in [0.25, 0.3) is 0 Å². The lowest BCUT2D eigenvalue weighted by atomic mass is 9.76. The first-order valence-electron chi connectivity index (χ1n) is 4.63. The zero-order valence-electron chi connectivity index (χ0n) is 6.81. The van der Waals surface area contributed by atoms with Crippen LogP contribution in [0.1, 0.15) is 32.1 Å². The molecule has 0 spiro atoms. The van der Waals surface area contributed by atoms with Crippen molar-refractivity contribution < 1.29 is 0 Å². The summed E-state index contributed by atoms with van der Waals surface area (Å²) in [4.78, 5) is 1.10. The van der Waals surface area contributed by atoms with E-state index in [-0.39, 0.29) is 0 Å². The van der Waals surface area contributed by atoms with Crippen molar-refractivity contribution in [3.63, 3.8) is 0 Å². The Bertz CT molecular complexity index is 167. The quantitative estimate of drug-likeness (QED) is 0.557. The molecular weight excluding hydrogens is 154 g/mol. The van der Waals surface area contributed by atoms with Crippen molar-refractivity contribution in [2.45, 2.75) is 32.1 Å². The zero-order chi connectivity index (χ0) is 7.68. The van der Waals surface area contributed by atoms with Crippen LogP contribution >= 0.6 is 12.2 Å². The Labute approximate surface area is 73.6 Å². The molecule has 0 radical (unpaired) electrons. The highest BCUT2D eigenvalue weighted by atomic mass is 32.1. The molecule has 1 nitrogen and oxygen atoms in total. The van der Waals surface area contributed by atoms with Gasteiger partial charge in [0, 0.05) is 13.0 Å². The van der Waals surface area contributed by atoms with Crippen LogP contribution in [0.15, 0.2) is 0 Å². The van der Waals surface area contributed by atoms with E-state index in [9.17, 15) is 0 Å². The van der Waals surface area contributed by atoms with Crippen molar-refractivity contribution in [3.05, 3.63) is 0 Å². The molecule has 11 heavy (non-hydrogen) atoms. The summed E-state index contributed by atoms with van der Waals surface area (Å²) >= 11 is 5.16. The first-order valence-corrected chi connectivity index (χ1v) is 5.04. The standard InChI is InChI=1S/C9H15NS/c11-9-5-7-3-1-2-4-8(7)6-10-9/h7-8H,1-6H2,(H,10,11).